The lowest BCUT2D eigenvalue weighted by Gasteiger charge is -2.04. The van der Waals surface area contributed by atoms with Crippen LogP contribution in [0, 0.1) is 6.92 Å². The van der Waals surface area contributed by atoms with Crippen LogP contribution in [0.5, 0.6) is 5.75 Å². The van der Waals surface area contributed by atoms with E-state index in [9.17, 15) is 4.79 Å². The molecule has 0 atom stereocenters. The zero-order chi connectivity index (χ0) is 17.4. The summed E-state index contributed by atoms with van der Waals surface area (Å²) < 4.78 is 5.18. The number of aromatic nitrogens is 2. The summed E-state index contributed by atoms with van der Waals surface area (Å²) in [5, 5.41) is 0.658. The zero-order valence-electron chi connectivity index (χ0n) is 13.9. The highest BCUT2D eigenvalue weighted by Crippen LogP contribution is 2.36. The summed E-state index contributed by atoms with van der Waals surface area (Å²) in [5.41, 5.74) is 2.75. The van der Waals surface area contributed by atoms with Crippen molar-refractivity contribution in [3.05, 3.63) is 69.8 Å². The quantitative estimate of drug-likeness (QED) is 0.587. The topological polar surface area (TPSA) is 55.0 Å². The SMILES string of the molecule is COc1ccc(-c2nc3sc(C)c(-c4ccccc4)c3c(=O)[nH]2)cc1. The highest BCUT2D eigenvalue weighted by molar-refractivity contribution is 7.19. The molecule has 0 fully saturated rings. The number of nitrogens with one attached hydrogen (secondary N) is 1. The number of aryl methyl sites for hydroxylation is 1. The Hall–Kier alpha value is -2.92. The van der Waals surface area contributed by atoms with Crippen molar-refractivity contribution in [3.8, 4) is 28.3 Å². The van der Waals surface area contributed by atoms with E-state index in [1.54, 1.807) is 18.4 Å². The van der Waals surface area contributed by atoms with Crippen molar-refractivity contribution in [2.75, 3.05) is 7.11 Å². The lowest BCUT2D eigenvalue weighted by molar-refractivity contribution is 0.415. The van der Waals surface area contributed by atoms with Crippen LogP contribution in [-0.4, -0.2) is 17.1 Å². The van der Waals surface area contributed by atoms with Gasteiger partial charge in [-0.2, -0.15) is 0 Å². The molecule has 0 amide bonds. The molecule has 1 N–H and O–H groups in total. The maximum atomic E-state index is 12.8. The summed E-state index contributed by atoms with van der Waals surface area (Å²) in [5.74, 6) is 1.34. The van der Waals surface area contributed by atoms with Gasteiger partial charge in [0.1, 0.15) is 16.4 Å². The molecule has 0 spiro atoms. The second kappa shape index (κ2) is 6.18. The average molecular weight is 348 g/mol. The van der Waals surface area contributed by atoms with Crippen molar-refractivity contribution in [1.82, 2.24) is 9.97 Å². The van der Waals surface area contributed by atoms with Crippen LogP contribution in [0.15, 0.2) is 59.4 Å². The van der Waals surface area contributed by atoms with Gasteiger partial charge in [0.25, 0.3) is 5.56 Å². The number of hydrogen-bond donors (Lipinski definition) is 1. The largest absolute Gasteiger partial charge is 0.497 e. The number of H-pyrrole nitrogens is 1. The average Bonchev–Trinajstić information content (AvgIpc) is 2.99. The molecular weight excluding hydrogens is 332 g/mol. The summed E-state index contributed by atoms with van der Waals surface area (Å²) in [4.78, 5) is 22.3. The summed E-state index contributed by atoms with van der Waals surface area (Å²) in [6.45, 7) is 2.03. The molecule has 0 saturated heterocycles. The number of aromatic amines is 1. The van der Waals surface area contributed by atoms with Crippen molar-refractivity contribution < 1.29 is 4.74 Å². The lowest BCUT2D eigenvalue weighted by atomic mass is 10.0. The maximum absolute atomic E-state index is 12.8. The molecule has 4 aromatic rings. The molecule has 0 aliphatic heterocycles. The van der Waals surface area contributed by atoms with Crippen molar-refractivity contribution in [2.45, 2.75) is 6.92 Å². The van der Waals surface area contributed by atoms with Crippen LogP contribution < -0.4 is 10.3 Å². The first-order valence-corrected chi connectivity index (χ1v) is 8.72. The monoisotopic (exact) mass is 348 g/mol. The predicted molar refractivity (Wildman–Crippen MR) is 102 cm³/mol. The van der Waals surface area contributed by atoms with Gasteiger partial charge in [0, 0.05) is 16.0 Å². The Bertz CT molecular complexity index is 1100. The first-order valence-electron chi connectivity index (χ1n) is 7.90. The third-order valence-electron chi connectivity index (χ3n) is 4.16. The van der Waals surface area contributed by atoms with Gasteiger partial charge in [0.05, 0.1) is 12.5 Å². The van der Waals surface area contributed by atoms with Gasteiger partial charge in [-0.25, -0.2) is 4.98 Å². The highest BCUT2D eigenvalue weighted by atomic mass is 32.1. The van der Waals surface area contributed by atoms with Crippen LogP contribution in [0.3, 0.4) is 0 Å². The lowest BCUT2D eigenvalue weighted by Crippen LogP contribution is -2.09. The number of thiophene rings is 1. The molecule has 0 radical (unpaired) electrons. The molecule has 124 valence electrons. The minimum Gasteiger partial charge on any atom is -0.497 e. The number of ether oxygens (including phenoxy) is 1. The van der Waals surface area contributed by atoms with Crippen LogP contribution in [0.4, 0.5) is 0 Å². The van der Waals surface area contributed by atoms with E-state index in [-0.39, 0.29) is 5.56 Å². The van der Waals surface area contributed by atoms with E-state index in [1.807, 2.05) is 61.5 Å². The van der Waals surface area contributed by atoms with Crippen molar-refractivity contribution in [2.24, 2.45) is 0 Å². The first kappa shape index (κ1) is 15.6. The number of methoxy groups -OCH3 is 1. The van der Waals surface area contributed by atoms with Gasteiger partial charge in [-0.05, 0) is 36.8 Å². The van der Waals surface area contributed by atoms with E-state index in [4.69, 9.17) is 9.72 Å². The predicted octanol–water partition coefficient (Wildman–Crippen LogP) is 4.64. The number of benzene rings is 2. The third-order valence-corrected chi connectivity index (χ3v) is 5.16. The van der Waals surface area contributed by atoms with Gasteiger partial charge in [-0.3, -0.25) is 4.79 Å². The molecular formula is C20H16N2O2S. The van der Waals surface area contributed by atoms with Gasteiger partial charge in [-0.15, -0.1) is 11.3 Å². The minimum absolute atomic E-state index is 0.112. The third kappa shape index (κ3) is 2.72. The van der Waals surface area contributed by atoms with Crippen LogP contribution in [0.2, 0.25) is 0 Å². The molecule has 0 aliphatic rings. The first-order chi connectivity index (χ1) is 12.2. The van der Waals surface area contributed by atoms with Gasteiger partial charge in [0.2, 0.25) is 0 Å². The molecule has 2 aromatic heterocycles. The molecule has 2 heterocycles. The van der Waals surface area contributed by atoms with Gasteiger partial charge in [-0.1, -0.05) is 30.3 Å². The minimum atomic E-state index is -0.112. The molecule has 2 aromatic carbocycles. The molecule has 0 saturated carbocycles. The van der Waals surface area contributed by atoms with Crippen LogP contribution in [0.1, 0.15) is 4.88 Å². The zero-order valence-corrected chi connectivity index (χ0v) is 14.7. The van der Waals surface area contributed by atoms with Crippen LogP contribution >= 0.6 is 11.3 Å². The summed E-state index contributed by atoms with van der Waals surface area (Å²) in [6, 6.07) is 17.5. The molecule has 25 heavy (non-hydrogen) atoms. The second-order valence-electron chi connectivity index (χ2n) is 5.72. The summed E-state index contributed by atoms with van der Waals surface area (Å²) in [6.07, 6.45) is 0. The Balaban J connectivity index is 1.91. The normalized spacial score (nSPS) is 11.0. The number of nitrogens with zero attached hydrogens (tertiary/aromatic N) is 1. The second-order valence-corrected chi connectivity index (χ2v) is 6.93. The number of fused-ring (bicyclic) bond motifs is 1. The Kier molecular flexibility index (Phi) is 3.86. The van der Waals surface area contributed by atoms with E-state index < -0.39 is 0 Å². The maximum Gasteiger partial charge on any atom is 0.260 e. The smallest absolute Gasteiger partial charge is 0.260 e. The Morgan fingerprint density at radius 3 is 2.40 bits per heavy atom. The molecule has 5 heteroatoms. The van der Waals surface area contributed by atoms with E-state index in [0.29, 0.717) is 11.2 Å². The summed E-state index contributed by atoms with van der Waals surface area (Å²) >= 11 is 1.55. The van der Waals surface area contributed by atoms with Crippen LogP contribution in [-0.2, 0) is 0 Å². The van der Waals surface area contributed by atoms with Gasteiger partial charge in [0.15, 0.2) is 0 Å². The van der Waals surface area contributed by atoms with E-state index in [2.05, 4.69) is 4.98 Å². The fraction of sp³-hybridized carbons (Fsp3) is 0.100. The molecule has 0 aliphatic carbocycles. The standard InChI is InChI=1S/C20H16N2O2S/c1-12-16(13-6-4-3-5-7-13)17-19(23)21-18(22-20(17)25-12)14-8-10-15(24-2)11-9-14/h3-11H,1-2H3,(H,21,22,23). The Morgan fingerprint density at radius 1 is 1.00 bits per heavy atom. The molecule has 4 rings (SSSR count). The van der Waals surface area contributed by atoms with Gasteiger partial charge < -0.3 is 9.72 Å². The van der Waals surface area contributed by atoms with E-state index in [0.717, 1.165) is 32.1 Å². The van der Waals surface area contributed by atoms with Crippen molar-refractivity contribution >= 4 is 21.6 Å². The van der Waals surface area contributed by atoms with E-state index in [1.165, 1.54) is 0 Å². The molecule has 4 nitrogen and oxygen atoms in total. The summed E-state index contributed by atoms with van der Waals surface area (Å²) in [7, 11) is 1.63. The Morgan fingerprint density at radius 2 is 1.72 bits per heavy atom. The number of rotatable bonds is 3. The van der Waals surface area contributed by atoms with Crippen molar-refractivity contribution in [3.63, 3.8) is 0 Å². The van der Waals surface area contributed by atoms with E-state index >= 15 is 0 Å². The van der Waals surface area contributed by atoms with Crippen LogP contribution in [0.25, 0.3) is 32.7 Å². The fourth-order valence-corrected chi connectivity index (χ4v) is 4.00. The van der Waals surface area contributed by atoms with Gasteiger partial charge >= 0.3 is 0 Å². The molecule has 0 bridgehead atoms. The van der Waals surface area contributed by atoms with Crippen molar-refractivity contribution in [1.29, 1.82) is 0 Å². The number of hydrogen-bond acceptors (Lipinski definition) is 4. The molecule has 0 unspecified atom stereocenters. The highest BCUT2D eigenvalue weighted by Gasteiger charge is 2.16. The fourth-order valence-electron chi connectivity index (χ4n) is 2.96. The Labute approximate surface area is 148 Å².